The number of amides is 1. The Balaban J connectivity index is 2.34. The van der Waals surface area contributed by atoms with Crippen LogP contribution in [0.1, 0.15) is 32.8 Å². The van der Waals surface area contributed by atoms with Crippen LogP contribution in [0.15, 0.2) is 36.9 Å². The molecule has 0 radical (unpaired) electrons. The lowest BCUT2D eigenvalue weighted by molar-refractivity contribution is -0.122. The maximum Gasteiger partial charge on any atom is 0.221 e. The van der Waals surface area contributed by atoms with Gasteiger partial charge in [0.05, 0.1) is 6.54 Å². The highest BCUT2D eigenvalue weighted by atomic mass is 16.5. The molecule has 1 aromatic rings. The summed E-state index contributed by atoms with van der Waals surface area (Å²) in [6.07, 6.45) is 3.12. The molecule has 1 N–H and O–H groups in total. The lowest BCUT2D eigenvalue weighted by atomic mass is 9.92. The minimum Gasteiger partial charge on any atom is -0.481 e. The highest BCUT2D eigenvalue weighted by molar-refractivity contribution is 5.76. The van der Waals surface area contributed by atoms with Gasteiger partial charge in [0.25, 0.3) is 0 Å². The first kappa shape index (κ1) is 17.8. The van der Waals surface area contributed by atoms with Gasteiger partial charge in [0.2, 0.25) is 5.91 Å². The van der Waals surface area contributed by atoms with Crippen molar-refractivity contribution in [1.82, 2.24) is 5.32 Å². The van der Waals surface area contributed by atoms with Crippen molar-refractivity contribution >= 4 is 5.91 Å². The van der Waals surface area contributed by atoms with Gasteiger partial charge in [-0.2, -0.15) is 0 Å². The van der Waals surface area contributed by atoms with Gasteiger partial charge in [-0.1, -0.05) is 56.9 Å². The standard InChI is InChI=1S/C19H25NO2/c1-5-10-16-11-6-7-12-17(16)22-14-9-8-13-20-18(21)15-19(2,3)4/h5-7,11-12H,1,10,13-15H2,2-4H3,(H,20,21). The molecule has 1 amide bonds. The summed E-state index contributed by atoms with van der Waals surface area (Å²) >= 11 is 0. The molecule has 0 saturated heterocycles. The Morgan fingerprint density at radius 2 is 2.05 bits per heavy atom. The van der Waals surface area contributed by atoms with Crippen molar-refractivity contribution < 1.29 is 9.53 Å². The lowest BCUT2D eigenvalue weighted by Gasteiger charge is -2.16. The van der Waals surface area contributed by atoms with Crippen LogP contribution in [0.25, 0.3) is 0 Å². The Labute approximate surface area is 133 Å². The monoisotopic (exact) mass is 299 g/mol. The molecule has 0 unspecified atom stereocenters. The molecule has 118 valence electrons. The van der Waals surface area contributed by atoms with E-state index < -0.39 is 0 Å². The fourth-order valence-electron chi connectivity index (χ4n) is 1.88. The molecule has 0 saturated carbocycles. The van der Waals surface area contributed by atoms with Crippen LogP contribution < -0.4 is 10.1 Å². The molecular weight excluding hydrogens is 274 g/mol. The summed E-state index contributed by atoms with van der Waals surface area (Å²) in [5, 5.41) is 2.79. The number of allylic oxidation sites excluding steroid dienone is 1. The fourth-order valence-corrected chi connectivity index (χ4v) is 1.88. The predicted molar refractivity (Wildman–Crippen MR) is 90.7 cm³/mol. The van der Waals surface area contributed by atoms with Crippen molar-refractivity contribution in [2.24, 2.45) is 5.41 Å². The quantitative estimate of drug-likeness (QED) is 0.646. The molecule has 0 heterocycles. The number of carbonyl (C=O) groups is 1. The van der Waals surface area contributed by atoms with Crippen LogP contribution in [-0.4, -0.2) is 19.1 Å². The number of carbonyl (C=O) groups excluding carboxylic acids is 1. The topological polar surface area (TPSA) is 38.3 Å². The Bertz CT molecular complexity index is 559. The van der Waals surface area contributed by atoms with Crippen molar-refractivity contribution in [2.75, 3.05) is 13.2 Å². The van der Waals surface area contributed by atoms with Gasteiger partial charge in [0.1, 0.15) is 12.4 Å². The van der Waals surface area contributed by atoms with Crippen molar-refractivity contribution in [3.8, 4) is 17.6 Å². The average molecular weight is 299 g/mol. The molecular formula is C19H25NO2. The lowest BCUT2D eigenvalue weighted by Crippen LogP contribution is -2.27. The zero-order chi connectivity index (χ0) is 16.4. The number of hydrogen-bond acceptors (Lipinski definition) is 2. The molecule has 0 aliphatic rings. The summed E-state index contributed by atoms with van der Waals surface area (Å²) < 4.78 is 5.64. The molecule has 0 bridgehead atoms. The molecule has 3 heteroatoms. The first-order chi connectivity index (χ1) is 10.4. The fraction of sp³-hybridized carbons (Fsp3) is 0.421. The summed E-state index contributed by atoms with van der Waals surface area (Å²) in [6, 6.07) is 7.84. The van der Waals surface area contributed by atoms with E-state index in [9.17, 15) is 4.79 Å². The van der Waals surface area contributed by atoms with Crippen LogP contribution in [0.5, 0.6) is 5.75 Å². The molecule has 3 nitrogen and oxygen atoms in total. The third kappa shape index (κ3) is 7.54. The number of benzene rings is 1. The van der Waals surface area contributed by atoms with E-state index in [1.807, 2.05) is 51.1 Å². The van der Waals surface area contributed by atoms with E-state index in [1.54, 1.807) is 0 Å². The van der Waals surface area contributed by atoms with E-state index in [0.29, 0.717) is 19.6 Å². The molecule has 0 atom stereocenters. The normalized spacial score (nSPS) is 10.3. The summed E-state index contributed by atoms with van der Waals surface area (Å²) in [6.45, 7) is 10.5. The number of rotatable bonds is 6. The van der Waals surface area contributed by atoms with Crippen LogP contribution in [0.3, 0.4) is 0 Å². The zero-order valence-corrected chi connectivity index (χ0v) is 13.7. The minimum absolute atomic E-state index is 0.00448. The summed E-state index contributed by atoms with van der Waals surface area (Å²) in [5.74, 6) is 6.66. The highest BCUT2D eigenvalue weighted by Crippen LogP contribution is 2.18. The molecule has 0 aliphatic heterocycles. The Kier molecular flexibility index (Phi) is 7.25. The zero-order valence-electron chi connectivity index (χ0n) is 13.7. The molecule has 1 aromatic carbocycles. The molecule has 0 aliphatic carbocycles. The van der Waals surface area contributed by atoms with Gasteiger partial charge >= 0.3 is 0 Å². The van der Waals surface area contributed by atoms with Crippen molar-refractivity contribution in [3.05, 3.63) is 42.5 Å². The number of hydrogen-bond donors (Lipinski definition) is 1. The van der Waals surface area contributed by atoms with Gasteiger partial charge in [-0.3, -0.25) is 4.79 Å². The molecule has 1 rings (SSSR count). The smallest absolute Gasteiger partial charge is 0.221 e. The van der Waals surface area contributed by atoms with Crippen LogP contribution in [0.2, 0.25) is 0 Å². The van der Waals surface area contributed by atoms with Crippen LogP contribution in [-0.2, 0) is 11.2 Å². The molecule has 0 aromatic heterocycles. The van der Waals surface area contributed by atoms with E-state index >= 15 is 0 Å². The van der Waals surface area contributed by atoms with Crippen LogP contribution >= 0.6 is 0 Å². The van der Waals surface area contributed by atoms with Gasteiger partial charge < -0.3 is 10.1 Å². The van der Waals surface area contributed by atoms with Crippen molar-refractivity contribution in [1.29, 1.82) is 0 Å². The summed E-state index contributed by atoms with van der Waals surface area (Å²) in [4.78, 5) is 11.6. The molecule has 0 spiro atoms. The van der Waals surface area contributed by atoms with Crippen LogP contribution in [0, 0.1) is 17.3 Å². The van der Waals surface area contributed by atoms with Gasteiger partial charge in [-0.05, 0) is 23.5 Å². The van der Waals surface area contributed by atoms with E-state index in [2.05, 4.69) is 23.7 Å². The van der Waals surface area contributed by atoms with Crippen LogP contribution in [0.4, 0.5) is 0 Å². The van der Waals surface area contributed by atoms with Crippen molar-refractivity contribution in [3.63, 3.8) is 0 Å². The second-order valence-electron chi connectivity index (χ2n) is 6.26. The first-order valence-corrected chi connectivity index (χ1v) is 7.46. The van der Waals surface area contributed by atoms with Gasteiger partial charge in [0, 0.05) is 6.42 Å². The first-order valence-electron chi connectivity index (χ1n) is 7.46. The van der Waals surface area contributed by atoms with Gasteiger partial charge in [-0.15, -0.1) is 6.58 Å². The summed E-state index contributed by atoms with van der Waals surface area (Å²) in [7, 11) is 0. The van der Waals surface area contributed by atoms with Crippen molar-refractivity contribution in [2.45, 2.75) is 33.6 Å². The highest BCUT2D eigenvalue weighted by Gasteiger charge is 2.14. The maximum absolute atomic E-state index is 11.6. The van der Waals surface area contributed by atoms with E-state index in [1.165, 1.54) is 0 Å². The largest absolute Gasteiger partial charge is 0.481 e. The third-order valence-electron chi connectivity index (χ3n) is 2.83. The SMILES string of the molecule is C=CCc1ccccc1OCC#CCNC(=O)CC(C)(C)C. The molecule has 22 heavy (non-hydrogen) atoms. The number of nitrogens with one attached hydrogen (secondary N) is 1. The van der Waals surface area contributed by atoms with E-state index in [0.717, 1.165) is 17.7 Å². The number of para-hydroxylation sites is 1. The Morgan fingerprint density at radius 3 is 2.73 bits per heavy atom. The second-order valence-corrected chi connectivity index (χ2v) is 6.26. The summed E-state index contributed by atoms with van der Waals surface area (Å²) in [5.41, 5.74) is 1.09. The third-order valence-corrected chi connectivity index (χ3v) is 2.83. The van der Waals surface area contributed by atoms with Gasteiger partial charge in [-0.25, -0.2) is 0 Å². The van der Waals surface area contributed by atoms with Gasteiger partial charge in [0.15, 0.2) is 0 Å². The minimum atomic E-state index is -0.00448. The van der Waals surface area contributed by atoms with E-state index in [-0.39, 0.29) is 11.3 Å². The Hall–Kier alpha value is -2.21. The second kappa shape index (κ2) is 8.94. The number of ether oxygens (including phenoxy) is 1. The maximum atomic E-state index is 11.6. The molecule has 0 fully saturated rings. The average Bonchev–Trinajstić information content (AvgIpc) is 2.42. The van der Waals surface area contributed by atoms with E-state index in [4.69, 9.17) is 4.74 Å². The predicted octanol–water partition coefficient (Wildman–Crippen LogP) is 3.35. The Morgan fingerprint density at radius 1 is 1.32 bits per heavy atom.